The minimum atomic E-state index is 0.0540. The van der Waals surface area contributed by atoms with Gasteiger partial charge >= 0.3 is 0 Å². The summed E-state index contributed by atoms with van der Waals surface area (Å²) in [6.07, 6.45) is 4.80. The van der Waals surface area contributed by atoms with Crippen molar-refractivity contribution in [3.63, 3.8) is 0 Å². The lowest BCUT2D eigenvalue weighted by molar-refractivity contribution is 0.353. The molecule has 28 heavy (non-hydrogen) atoms. The molecule has 1 aliphatic carbocycles. The molecule has 1 saturated carbocycles. The zero-order chi connectivity index (χ0) is 19.5. The van der Waals surface area contributed by atoms with Gasteiger partial charge in [0, 0.05) is 24.2 Å². The molecule has 0 radical (unpaired) electrons. The molecule has 0 aliphatic heterocycles. The Morgan fingerprint density at radius 1 is 1.18 bits per heavy atom. The number of hydrogen-bond acceptors (Lipinski definition) is 7. The quantitative estimate of drug-likeness (QED) is 0.539. The predicted octanol–water partition coefficient (Wildman–Crippen LogP) is 3.40. The topological polar surface area (TPSA) is 95.4 Å². The van der Waals surface area contributed by atoms with Crippen molar-refractivity contribution in [1.29, 1.82) is 0 Å². The second-order valence-electron chi connectivity index (χ2n) is 7.76. The fraction of sp³-hybridized carbons (Fsp3) is 0.400. The van der Waals surface area contributed by atoms with Gasteiger partial charge < -0.3 is 9.09 Å². The van der Waals surface area contributed by atoms with Crippen molar-refractivity contribution in [1.82, 2.24) is 34.9 Å². The van der Waals surface area contributed by atoms with Crippen LogP contribution in [0.2, 0.25) is 0 Å². The molecule has 0 spiro atoms. The van der Waals surface area contributed by atoms with E-state index in [2.05, 4.69) is 40.3 Å². The molecule has 0 N–H and O–H groups in total. The first-order valence-corrected chi connectivity index (χ1v) is 9.49. The number of imidazole rings is 1. The second-order valence-corrected chi connectivity index (χ2v) is 7.76. The Morgan fingerprint density at radius 2 is 2.00 bits per heavy atom. The van der Waals surface area contributed by atoms with Gasteiger partial charge in [0.05, 0.1) is 5.69 Å². The molecule has 8 heteroatoms. The van der Waals surface area contributed by atoms with E-state index in [1.165, 1.54) is 0 Å². The van der Waals surface area contributed by atoms with Crippen molar-refractivity contribution in [3.05, 3.63) is 35.5 Å². The van der Waals surface area contributed by atoms with Crippen LogP contribution in [0.3, 0.4) is 0 Å². The first-order valence-electron chi connectivity index (χ1n) is 9.49. The molecule has 0 saturated heterocycles. The average Bonchev–Trinajstić information content (AvgIpc) is 3.13. The van der Waals surface area contributed by atoms with Crippen LogP contribution >= 0.6 is 0 Å². The first kappa shape index (κ1) is 17.0. The van der Waals surface area contributed by atoms with Crippen LogP contribution in [0.15, 0.2) is 22.9 Å². The molecule has 1 fully saturated rings. The number of pyridine rings is 1. The third-order valence-corrected chi connectivity index (χ3v) is 5.50. The van der Waals surface area contributed by atoms with Crippen molar-refractivity contribution < 1.29 is 4.52 Å². The lowest BCUT2D eigenvalue weighted by Crippen LogP contribution is -2.01. The molecular formula is C20H21N7O. The summed E-state index contributed by atoms with van der Waals surface area (Å²) in [6, 6.07) is 4.01. The van der Waals surface area contributed by atoms with Crippen molar-refractivity contribution in [3.8, 4) is 22.9 Å². The maximum absolute atomic E-state index is 5.48. The van der Waals surface area contributed by atoms with E-state index in [1.807, 2.05) is 24.6 Å². The largest absolute Gasteiger partial charge is 0.338 e. The van der Waals surface area contributed by atoms with Crippen LogP contribution in [-0.4, -0.2) is 34.9 Å². The van der Waals surface area contributed by atoms with Gasteiger partial charge in [-0.3, -0.25) is 4.98 Å². The molecule has 0 atom stereocenters. The lowest BCUT2D eigenvalue weighted by atomic mass is 10.1. The van der Waals surface area contributed by atoms with Gasteiger partial charge in [0.15, 0.2) is 11.5 Å². The minimum Gasteiger partial charge on any atom is -0.338 e. The molecule has 4 aromatic heterocycles. The van der Waals surface area contributed by atoms with Gasteiger partial charge in [0.1, 0.15) is 11.2 Å². The zero-order valence-corrected chi connectivity index (χ0v) is 16.4. The van der Waals surface area contributed by atoms with Crippen LogP contribution in [0.1, 0.15) is 43.8 Å². The summed E-state index contributed by atoms with van der Waals surface area (Å²) >= 11 is 0. The van der Waals surface area contributed by atoms with Gasteiger partial charge in [0.25, 0.3) is 0 Å². The molecule has 0 aromatic carbocycles. The maximum atomic E-state index is 5.48. The Morgan fingerprint density at radius 3 is 2.75 bits per heavy atom. The lowest BCUT2D eigenvalue weighted by Gasteiger charge is -2.08. The Kier molecular flexibility index (Phi) is 3.59. The fourth-order valence-corrected chi connectivity index (χ4v) is 3.38. The SMILES string of the molecule is CCc1cc(-c2noc(C3(C)CC3)n2)cnc1-c1nc2cc(C)nnc2n1C. The third kappa shape index (κ3) is 2.59. The Bertz CT molecular complexity index is 1200. The van der Waals surface area contributed by atoms with Gasteiger partial charge in [-0.25, -0.2) is 4.98 Å². The normalized spacial score (nSPS) is 15.3. The molecule has 8 nitrogen and oxygen atoms in total. The van der Waals surface area contributed by atoms with Crippen molar-refractivity contribution in [2.24, 2.45) is 7.05 Å². The van der Waals surface area contributed by atoms with Crippen LogP contribution in [-0.2, 0) is 18.9 Å². The van der Waals surface area contributed by atoms with E-state index >= 15 is 0 Å². The van der Waals surface area contributed by atoms with Gasteiger partial charge in [0.2, 0.25) is 11.7 Å². The first-order chi connectivity index (χ1) is 13.5. The second kappa shape index (κ2) is 5.92. The van der Waals surface area contributed by atoms with E-state index in [-0.39, 0.29) is 5.41 Å². The maximum Gasteiger partial charge on any atom is 0.232 e. The number of hydrogen-bond donors (Lipinski definition) is 0. The molecule has 1 aliphatic rings. The molecule has 0 bridgehead atoms. The monoisotopic (exact) mass is 375 g/mol. The Labute approximate surface area is 162 Å². The van der Waals surface area contributed by atoms with Crippen LogP contribution in [0.4, 0.5) is 0 Å². The average molecular weight is 375 g/mol. The molecule has 0 amide bonds. The van der Waals surface area contributed by atoms with Crippen LogP contribution in [0, 0.1) is 6.92 Å². The summed E-state index contributed by atoms with van der Waals surface area (Å²) in [5, 5.41) is 12.6. The predicted molar refractivity (Wildman–Crippen MR) is 104 cm³/mol. The zero-order valence-electron chi connectivity index (χ0n) is 16.4. The molecule has 4 heterocycles. The smallest absolute Gasteiger partial charge is 0.232 e. The Hall–Kier alpha value is -3.16. The highest BCUT2D eigenvalue weighted by atomic mass is 16.5. The summed E-state index contributed by atoms with van der Waals surface area (Å²) < 4.78 is 7.42. The minimum absolute atomic E-state index is 0.0540. The third-order valence-electron chi connectivity index (χ3n) is 5.50. The van der Waals surface area contributed by atoms with Gasteiger partial charge in [-0.2, -0.15) is 10.1 Å². The number of nitrogens with zero attached hydrogens (tertiary/aromatic N) is 7. The van der Waals surface area contributed by atoms with Gasteiger partial charge in [-0.1, -0.05) is 19.0 Å². The van der Waals surface area contributed by atoms with Gasteiger partial charge in [-0.15, -0.1) is 5.10 Å². The van der Waals surface area contributed by atoms with E-state index in [4.69, 9.17) is 14.5 Å². The van der Waals surface area contributed by atoms with Gasteiger partial charge in [-0.05, 0) is 43.9 Å². The van der Waals surface area contributed by atoms with Crippen LogP contribution in [0.5, 0.6) is 0 Å². The summed E-state index contributed by atoms with van der Waals surface area (Å²) in [6.45, 7) is 6.16. The van der Waals surface area contributed by atoms with Crippen molar-refractivity contribution in [2.45, 2.75) is 45.4 Å². The van der Waals surface area contributed by atoms with Crippen LogP contribution in [0.25, 0.3) is 34.1 Å². The van der Waals surface area contributed by atoms with Crippen molar-refractivity contribution >= 4 is 11.2 Å². The molecular weight excluding hydrogens is 354 g/mol. The summed E-state index contributed by atoms with van der Waals surface area (Å²) in [5.41, 5.74) is 5.22. The molecule has 142 valence electrons. The van der Waals surface area contributed by atoms with E-state index in [0.717, 1.165) is 58.8 Å². The Balaban J connectivity index is 1.58. The number of aryl methyl sites for hydroxylation is 3. The highest BCUT2D eigenvalue weighted by Crippen LogP contribution is 2.47. The van der Waals surface area contributed by atoms with E-state index in [9.17, 15) is 0 Å². The number of rotatable bonds is 4. The molecule has 4 aromatic rings. The van der Waals surface area contributed by atoms with E-state index in [0.29, 0.717) is 11.7 Å². The molecule has 0 unspecified atom stereocenters. The van der Waals surface area contributed by atoms with Crippen LogP contribution < -0.4 is 0 Å². The fourth-order valence-electron chi connectivity index (χ4n) is 3.38. The number of aromatic nitrogens is 7. The standard InChI is InChI=1S/C20H21N7O/c1-5-12-9-13(16-23-19(28-26-16)20(3)6-7-20)10-21-15(12)18-22-14-8-11(2)24-25-17(14)27(18)4/h8-10H,5-7H2,1-4H3. The highest BCUT2D eigenvalue weighted by Gasteiger charge is 2.44. The highest BCUT2D eigenvalue weighted by molar-refractivity contribution is 5.77. The number of fused-ring (bicyclic) bond motifs is 1. The summed E-state index contributed by atoms with van der Waals surface area (Å²) in [4.78, 5) is 14.1. The summed E-state index contributed by atoms with van der Waals surface area (Å²) in [7, 11) is 1.94. The van der Waals surface area contributed by atoms with E-state index in [1.54, 1.807) is 6.20 Å². The molecule has 5 rings (SSSR count). The van der Waals surface area contributed by atoms with E-state index < -0.39 is 0 Å². The summed E-state index contributed by atoms with van der Waals surface area (Å²) in [5.74, 6) is 2.08. The van der Waals surface area contributed by atoms with Crippen molar-refractivity contribution in [2.75, 3.05) is 0 Å².